The molecule has 158 valence electrons. The summed E-state index contributed by atoms with van der Waals surface area (Å²) >= 11 is 0. The van der Waals surface area contributed by atoms with Crippen molar-refractivity contribution in [3.63, 3.8) is 0 Å². The lowest BCUT2D eigenvalue weighted by Gasteiger charge is -2.20. The summed E-state index contributed by atoms with van der Waals surface area (Å²) < 4.78 is 47.6. The number of rotatable bonds is 6. The number of ether oxygens (including phenoxy) is 1. The zero-order valence-electron chi connectivity index (χ0n) is 16.9. The lowest BCUT2D eigenvalue weighted by atomic mass is 9.96. The van der Waals surface area contributed by atoms with Gasteiger partial charge in [-0.15, -0.1) is 0 Å². The molecule has 1 aliphatic heterocycles. The number of benzene rings is 1. The Morgan fingerprint density at radius 1 is 1.21 bits per heavy atom. The lowest BCUT2D eigenvalue weighted by Crippen LogP contribution is -2.35. The second-order valence-corrected chi connectivity index (χ2v) is 7.62. The molecule has 1 fully saturated rings. The third kappa shape index (κ3) is 4.98. The highest BCUT2D eigenvalue weighted by Gasteiger charge is 2.52. The number of nitrogens with zero attached hydrogens (tertiary/aromatic N) is 3. The van der Waals surface area contributed by atoms with E-state index in [4.69, 9.17) is 4.74 Å². The maximum Gasteiger partial charge on any atom is 0.393 e. The predicted molar refractivity (Wildman–Crippen MR) is 102 cm³/mol. The minimum atomic E-state index is -4.44. The van der Waals surface area contributed by atoms with Crippen molar-refractivity contribution in [2.24, 2.45) is 18.9 Å². The van der Waals surface area contributed by atoms with Crippen molar-refractivity contribution < 1.29 is 22.7 Å². The van der Waals surface area contributed by atoms with Crippen molar-refractivity contribution in [3.05, 3.63) is 52.8 Å². The van der Waals surface area contributed by atoms with Crippen molar-refractivity contribution in [2.45, 2.75) is 33.0 Å². The van der Waals surface area contributed by atoms with E-state index in [2.05, 4.69) is 5.10 Å². The van der Waals surface area contributed by atoms with Crippen LogP contribution in [0.1, 0.15) is 22.5 Å². The summed E-state index contributed by atoms with van der Waals surface area (Å²) in [7, 11) is 1.83. The first-order chi connectivity index (χ1) is 13.7. The lowest BCUT2D eigenvalue weighted by molar-refractivity contribution is -0.190. The van der Waals surface area contributed by atoms with Gasteiger partial charge in [0.1, 0.15) is 0 Å². The fourth-order valence-corrected chi connectivity index (χ4v) is 3.97. The van der Waals surface area contributed by atoms with Crippen LogP contribution in [0.4, 0.5) is 13.2 Å². The maximum absolute atomic E-state index is 13.5. The third-order valence-corrected chi connectivity index (χ3v) is 5.62. The molecule has 0 spiro atoms. The Morgan fingerprint density at radius 2 is 1.90 bits per heavy atom. The van der Waals surface area contributed by atoms with E-state index in [1.807, 2.05) is 51.2 Å². The monoisotopic (exact) mass is 409 g/mol. The van der Waals surface area contributed by atoms with Gasteiger partial charge in [-0.2, -0.15) is 18.3 Å². The van der Waals surface area contributed by atoms with Crippen molar-refractivity contribution in [3.8, 4) is 0 Å². The van der Waals surface area contributed by atoms with E-state index < -0.39 is 24.0 Å². The maximum atomic E-state index is 13.5. The molecule has 1 aromatic carbocycles. The van der Waals surface area contributed by atoms with Gasteiger partial charge in [-0.3, -0.25) is 14.4 Å². The molecule has 1 aliphatic rings. The summed E-state index contributed by atoms with van der Waals surface area (Å²) in [5.41, 5.74) is 3.68. The molecule has 29 heavy (non-hydrogen) atoms. The van der Waals surface area contributed by atoms with E-state index in [1.165, 1.54) is 0 Å². The summed E-state index contributed by atoms with van der Waals surface area (Å²) in [6.45, 7) is 4.05. The van der Waals surface area contributed by atoms with Crippen LogP contribution in [-0.2, 0) is 29.5 Å². The fraction of sp³-hybridized carbons (Fsp3) is 0.524. The number of halogens is 3. The Kier molecular flexibility index (Phi) is 6.31. The standard InChI is InChI=1S/C21H26F3N3O2/c1-14-17(15(2)26(3)25-14)9-10-29-20(28)18-12-27(13-19(18)21(22,23)24)11-16-7-5-4-6-8-16/h4-8,18-19H,9-13H2,1-3H3/t18-,19-/m0/s1. The van der Waals surface area contributed by atoms with Crippen LogP contribution >= 0.6 is 0 Å². The van der Waals surface area contributed by atoms with Gasteiger partial charge in [-0.05, 0) is 25.0 Å². The summed E-state index contributed by atoms with van der Waals surface area (Å²) in [6, 6.07) is 9.29. The minimum absolute atomic E-state index is 0.0445. The Morgan fingerprint density at radius 3 is 2.48 bits per heavy atom. The van der Waals surface area contributed by atoms with E-state index in [9.17, 15) is 18.0 Å². The second-order valence-electron chi connectivity index (χ2n) is 7.62. The van der Waals surface area contributed by atoms with Crippen molar-refractivity contribution in [1.29, 1.82) is 0 Å². The fourth-order valence-electron chi connectivity index (χ4n) is 3.97. The minimum Gasteiger partial charge on any atom is -0.465 e. The molecule has 8 heteroatoms. The van der Waals surface area contributed by atoms with Crippen molar-refractivity contribution >= 4 is 5.97 Å². The molecule has 0 radical (unpaired) electrons. The summed E-state index contributed by atoms with van der Waals surface area (Å²) in [5.74, 6) is -3.68. The molecule has 1 saturated heterocycles. The molecule has 3 rings (SSSR count). The molecular formula is C21H26F3N3O2. The second kappa shape index (κ2) is 8.57. The molecule has 1 aromatic heterocycles. The highest BCUT2D eigenvalue weighted by molar-refractivity contribution is 5.73. The van der Waals surface area contributed by atoms with Gasteiger partial charge in [-0.1, -0.05) is 30.3 Å². The van der Waals surface area contributed by atoms with Gasteiger partial charge in [-0.25, -0.2) is 0 Å². The molecule has 2 heterocycles. The zero-order valence-corrected chi connectivity index (χ0v) is 16.9. The van der Waals surface area contributed by atoms with E-state index >= 15 is 0 Å². The highest BCUT2D eigenvalue weighted by Crippen LogP contribution is 2.38. The molecule has 0 amide bonds. The van der Waals surface area contributed by atoms with Crippen LogP contribution in [0, 0.1) is 25.7 Å². The highest BCUT2D eigenvalue weighted by atomic mass is 19.4. The number of carbonyl (C=O) groups excluding carboxylic acids is 1. The van der Waals surface area contributed by atoms with E-state index in [-0.39, 0.29) is 19.7 Å². The van der Waals surface area contributed by atoms with Gasteiger partial charge in [0.2, 0.25) is 0 Å². The smallest absolute Gasteiger partial charge is 0.393 e. The van der Waals surface area contributed by atoms with E-state index in [1.54, 1.807) is 9.58 Å². The zero-order chi connectivity index (χ0) is 21.2. The van der Waals surface area contributed by atoms with Gasteiger partial charge in [0.05, 0.1) is 24.1 Å². The molecule has 2 aromatic rings. The van der Waals surface area contributed by atoms with Gasteiger partial charge in [0.25, 0.3) is 0 Å². The number of aromatic nitrogens is 2. The first-order valence-electron chi connectivity index (χ1n) is 9.65. The number of aryl methyl sites for hydroxylation is 2. The molecular weight excluding hydrogens is 383 g/mol. The topological polar surface area (TPSA) is 47.4 Å². The van der Waals surface area contributed by atoms with Crippen LogP contribution in [-0.4, -0.2) is 46.5 Å². The summed E-state index contributed by atoms with van der Waals surface area (Å²) in [6.07, 6.45) is -4.00. The average molecular weight is 409 g/mol. The number of likely N-dealkylation sites (tertiary alicyclic amines) is 1. The van der Waals surface area contributed by atoms with Gasteiger partial charge < -0.3 is 4.74 Å². The Bertz CT molecular complexity index is 849. The largest absolute Gasteiger partial charge is 0.465 e. The molecule has 5 nitrogen and oxygen atoms in total. The number of hydrogen-bond donors (Lipinski definition) is 0. The average Bonchev–Trinajstić information content (AvgIpc) is 3.18. The molecule has 0 aliphatic carbocycles. The summed E-state index contributed by atoms with van der Waals surface area (Å²) in [4.78, 5) is 14.2. The predicted octanol–water partition coefficient (Wildman–Crippen LogP) is 3.43. The van der Waals surface area contributed by atoms with E-state index in [0.717, 1.165) is 22.5 Å². The van der Waals surface area contributed by atoms with Gasteiger partial charge >= 0.3 is 12.1 Å². The molecule has 0 saturated carbocycles. The van der Waals surface area contributed by atoms with Gasteiger partial charge in [0, 0.05) is 38.8 Å². The van der Waals surface area contributed by atoms with Crippen LogP contribution in [0.5, 0.6) is 0 Å². The number of hydrogen-bond acceptors (Lipinski definition) is 4. The van der Waals surface area contributed by atoms with Crippen LogP contribution in [0.2, 0.25) is 0 Å². The number of alkyl halides is 3. The van der Waals surface area contributed by atoms with Crippen LogP contribution < -0.4 is 0 Å². The molecule has 0 unspecified atom stereocenters. The SMILES string of the molecule is Cc1nn(C)c(C)c1CCOC(=O)[C@H]1CN(Cc2ccccc2)C[C@@H]1C(F)(F)F. The molecule has 0 bridgehead atoms. The van der Waals surface area contributed by atoms with Crippen LogP contribution in [0.25, 0.3) is 0 Å². The Hall–Kier alpha value is -2.35. The van der Waals surface area contributed by atoms with Crippen LogP contribution in [0.3, 0.4) is 0 Å². The Balaban J connectivity index is 1.62. The van der Waals surface area contributed by atoms with E-state index in [0.29, 0.717) is 13.0 Å². The van der Waals surface area contributed by atoms with Crippen LogP contribution in [0.15, 0.2) is 30.3 Å². The van der Waals surface area contributed by atoms with Gasteiger partial charge in [0.15, 0.2) is 0 Å². The quantitative estimate of drug-likeness (QED) is 0.686. The summed E-state index contributed by atoms with van der Waals surface area (Å²) in [5, 5.41) is 4.30. The molecule has 2 atom stereocenters. The third-order valence-electron chi connectivity index (χ3n) is 5.62. The normalized spacial score (nSPS) is 20.2. The first kappa shape index (κ1) is 21.4. The number of carbonyl (C=O) groups is 1. The number of esters is 1. The van der Waals surface area contributed by atoms with Crippen molar-refractivity contribution in [2.75, 3.05) is 19.7 Å². The Labute approximate surface area is 168 Å². The van der Waals surface area contributed by atoms with Crippen molar-refractivity contribution in [1.82, 2.24) is 14.7 Å². The molecule has 0 N–H and O–H groups in total. The first-order valence-corrected chi connectivity index (χ1v) is 9.65.